The highest BCUT2D eigenvalue weighted by atomic mass is 16.3. The minimum Gasteiger partial charge on any atom is -0.492 e. The largest absolute Gasteiger partial charge is 0.492 e. The lowest BCUT2D eigenvalue weighted by Crippen LogP contribution is -1.87. The number of pyridine rings is 1. The smallest absolute Gasteiger partial charge is 0.237 e. The van der Waals surface area contributed by atoms with Crippen LogP contribution in [0.1, 0.15) is 36.8 Å². The molecule has 0 fully saturated rings. The van der Waals surface area contributed by atoms with Crippen LogP contribution < -0.4 is 0 Å². The number of H-pyrrole nitrogens is 1. The Balaban J connectivity index is 1.90. The van der Waals surface area contributed by atoms with E-state index in [2.05, 4.69) is 26.9 Å². The SMILES string of the molecule is CCCCc1nc(O)c(C=C2C=Nc3ncccc32)[nH]1. The van der Waals surface area contributed by atoms with Crippen molar-refractivity contribution < 1.29 is 5.11 Å². The molecule has 0 radical (unpaired) electrons. The first-order chi connectivity index (χ1) is 9.78. The second kappa shape index (κ2) is 5.28. The summed E-state index contributed by atoms with van der Waals surface area (Å²) in [5.41, 5.74) is 2.51. The molecule has 0 bridgehead atoms. The summed E-state index contributed by atoms with van der Waals surface area (Å²) in [5, 5.41) is 9.89. The van der Waals surface area contributed by atoms with Crippen LogP contribution in [-0.2, 0) is 6.42 Å². The Kier molecular flexibility index (Phi) is 3.33. The third kappa shape index (κ3) is 2.34. The van der Waals surface area contributed by atoms with E-state index >= 15 is 0 Å². The van der Waals surface area contributed by atoms with Crippen LogP contribution in [0.25, 0.3) is 11.6 Å². The fourth-order valence-corrected chi connectivity index (χ4v) is 2.19. The number of aryl methyl sites for hydroxylation is 1. The van der Waals surface area contributed by atoms with E-state index < -0.39 is 0 Å². The highest BCUT2D eigenvalue weighted by Gasteiger charge is 2.14. The summed E-state index contributed by atoms with van der Waals surface area (Å²) in [6.45, 7) is 2.13. The van der Waals surface area contributed by atoms with E-state index in [1.54, 1.807) is 12.4 Å². The monoisotopic (exact) mass is 268 g/mol. The molecule has 0 aromatic carbocycles. The molecular formula is C15H16N4O. The number of aromatic hydroxyl groups is 1. The number of unbranched alkanes of at least 4 members (excludes halogenated alkanes) is 1. The Hall–Kier alpha value is -2.43. The van der Waals surface area contributed by atoms with Crippen molar-refractivity contribution in [3.63, 3.8) is 0 Å². The van der Waals surface area contributed by atoms with Gasteiger partial charge >= 0.3 is 0 Å². The molecule has 20 heavy (non-hydrogen) atoms. The zero-order valence-electron chi connectivity index (χ0n) is 11.3. The molecule has 5 nitrogen and oxygen atoms in total. The molecule has 2 aromatic heterocycles. The second-order valence-corrected chi connectivity index (χ2v) is 4.76. The molecule has 0 unspecified atom stereocenters. The van der Waals surface area contributed by atoms with Crippen LogP contribution in [0.5, 0.6) is 5.88 Å². The normalized spacial score (nSPS) is 14.9. The highest BCUT2D eigenvalue weighted by Crippen LogP contribution is 2.31. The number of nitrogens with zero attached hydrogens (tertiary/aromatic N) is 3. The quantitative estimate of drug-likeness (QED) is 0.894. The minimum absolute atomic E-state index is 0.0364. The first-order valence-electron chi connectivity index (χ1n) is 6.77. The van der Waals surface area contributed by atoms with Crippen molar-refractivity contribution in [1.82, 2.24) is 15.0 Å². The average molecular weight is 268 g/mol. The molecule has 2 N–H and O–H groups in total. The summed E-state index contributed by atoms with van der Waals surface area (Å²) in [5.74, 6) is 1.57. The van der Waals surface area contributed by atoms with Gasteiger partial charge in [0, 0.05) is 30.0 Å². The zero-order valence-corrected chi connectivity index (χ0v) is 11.3. The van der Waals surface area contributed by atoms with Gasteiger partial charge in [0.2, 0.25) is 5.88 Å². The number of rotatable bonds is 4. The third-order valence-corrected chi connectivity index (χ3v) is 3.25. The second-order valence-electron chi connectivity index (χ2n) is 4.76. The Labute approximate surface area is 117 Å². The third-order valence-electron chi connectivity index (χ3n) is 3.25. The van der Waals surface area contributed by atoms with E-state index in [4.69, 9.17) is 0 Å². The van der Waals surface area contributed by atoms with Gasteiger partial charge in [-0.1, -0.05) is 13.3 Å². The Bertz CT molecular complexity index is 685. The molecule has 1 aliphatic rings. The summed E-state index contributed by atoms with van der Waals surface area (Å²) in [6, 6.07) is 3.84. The molecule has 3 heterocycles. The van der Waals surface area contributed by atoms with Gasteiger partial charge < -0.3 is 10.1 Å². The topological polar surface area (TPSA) is 74.2 Å². The number of hydrogen-bond donors (Lipinski definition) is 2. The van der Waals surface area contributed by atoms with Crippen molar-refractivity contribution in [1.29, 1.82) is 0 Å². The fraction of sp³-hybridized carbons (Fsp3) is 0.267. The minimum atomic E-state index is 0.0364. The molecule has 5 heteroatoms. The predicted molar refractivity (Wildman–Crippen MR) is 79.1 cm³/mol. The van der Waals surface area contributed by atoms with Crippen LogP contribution in [0.15, 0.2) is 23.3 Å². The van der Waals surface area contributed by atoms with Gasteiger partial charge in [-0.3, -0.25) is 0 Å². The molecule has 0 atom stereocenters. The molecule has 2 aromatic rings. The van der Waals surface area contributed by atoms with Gasteiger partial charge in [0.05, 0.1) is 0 Å². The molecule has 3 rings (SSSR count). The molecule has 0 amide bonds. The number of imidazole rings is 1. The number of aromatic nitrogens is 3. The number of hydrogen-bond acceptors (Lipinski definition) is 4. The van der Waals surface area contributed by atoms with E-state index in [0.717, 1.165) is 36.2 Å². The fourth-order valence-electron chi connectivity index (χ4n) is 2.19. The highest BCUT2D eigenvalue weighted by molar-refractivity contribution is 6.20. The van der Waals surface area contributed by atoms with E-state index in [1.165, 1.54) is 0 Å². The predicted octanol–water partition coefficient (Wildman–Crippen LogP) is 3.11. The molecule has 0 saturated carbocycles. The van der Waals surface area contributed by atoms with Crippen molar-refractivity contribution in [3.05, 3.63) is 35.4 Å². The van der Waals surface area contributed by atoms with Gasteiger partial charge in [-0.15, -0.1) is 0 Å². The van der Waals surface area contributed by atoms with Gasteiger partial charge in [0.1, 0.15) is 11.5 Å². The summed E-state index contributed by atoms with van der Waals surface area (Å²) in [6.07, 6.45) is 8.33. The van der Waals surface area contributed by atoms with Crippen LogP contribution in [0.2, 0.25) is 0 Å². The van der Waals surface area contributed by atoms with E-state index in [-0.39, 0.29) is 5.88 Å². The maximum atomic E-state index is 9.89. The number of allylic oxidation sites excluding steroid dienone is 1. The van der Waals surface area contributed by atoms with Crippen molar-refractivity contribution >= 4 is 23.7 Å². The molecular weight excluding hydrogens is 252 g/mol. The molecule has 0 saturated heterocycles. The number of fused-ring (bicyclic) bond motifs is 1. The summed E-state index contributed by atoms with van der Waals surface area (Å²) < 4.78 is 0. The van der Waals surface area contributed by atoms with Crippen LogP contribution >= 0.6 is 0 Å². The van der Waals surface area contributed by atoms with E-state index in [0.29, 0.717) is 11.5 Å². The molecule has 0 aliphatic carbocycles. The van der Waals surface area contributed by atoms with Crippen LogP contribution in [0.4, 0.5) is 5.82 Å². The Morgan fingerprint density at radius 3 is 3.15 bits per heavy atom. The maximum Gasteiger partial charge on any atom is 0.237 e. The lowest BCUT2D eigenvalue weighted by Gasteiger charge is -1.97. The van der Waals surface area contributed by atoms with Gasteiger partial charge in [0.25, 0.3) is 0 Å². The lowest BCUT2D eigenvalue weighted by molar-refractivity contribution is 0.454. The summed E-state index contributed by atoms with van der Waals surface area (Å²) >= 11 is 0. The molecule has 102 valence electrons. The van der Waals surface area contributed by atoms with Gasteiger partial charge in [-0.2, -0.15) is 4.98 Å². The first kappa shape index (κ1) is 12.6. The van der Waals surface area contributed by atoms with Gasteiger partial charge in [-0.25, -0.2) is 9.98 Å². The van der Waals surface area contributed by atoms with Crippen LogP contribution in [-0.4, -0.2) is 26.3 Å². The van der Waals surface area contributed by atoms with Crippen molar-refractivity contribution in [2.75, 3.05) is 0 Å². The van der Waals surface area contributed by atoms with Crippen molar-refractivity contribution in [2.24, 2.45) is 4.99 Å². The molecule has 1 aliphatic heterocycles. The summed E-state index contributed by atoms with van der Waals surface area (Å²) in [4.78, 5) is 15.7. The number of aliphatic imine (C=N–C) groups is 1. The van der Waals surface area contributed by atoms with Gasteiger partial charge in [0.15, 0.2) is 5.82 Å². The standard InChI is InChI=1S/C15H16N4O/c1-2-3-6-13-18-12(15(20)19-13)8-10-9-17-14-11(10)5-4-7-16-14/h4-5,7-9,20H,2-3,6H2,1H3,(H,18,19). The van der Waals surface area contributed by atoms with Crippen molar-refractivity contribution in [3.8, 4) is 5.88 Å². The maximum absolute atomic E-state index is 9.89. The van der Waals surface area contributed by atoms with E-state index in [1.807, 2.05) is 18.2 Å². The van der Waals surface area contributed by atoms with Crippen LogP contribution in [0, 0.1) is 0 Å². The van der Waals surface area contributed by atoms with Gasteiger partial charge in [-0.05, 0) is 24.6 Å². The Morgan fingerprint density at radius 2 is 2.30 bits per heavy atom. The average Bonchev–Trinajstić information content (AvgIpc) is 3.02. The first-order valence-corrected chi connectivity index (χ1v) is 6.77. The zero-order chi connectivity index (χ0) is 13.9. The Morgan fingerprint density at radius 1 is 1.40 bits per heavy atom. The lowest BCUT2D eigenvalue weighted by atomic mass is 10.1. The van der Waals surface area contributed by atoms with Crippen molar-refractivity contribution in [2.45, 2.75) is 26.2 Å². The molecule has 0 spiro atoms. The number of aromatic amines is 1. The van der Waals surface area contributed by atoms with E-state index in [9.17, 15) is 5.11 Å². The summed E-state index contributed by atoms with van der Waals surface area (Å²) in [7, 11) is 0. The number of nitrogens with one attached hydrogen (secondary N) is 1. The van der Waals surface area contributed by atoms with Crippen LogP contribution in [0.3, 0.4) is 0 Å².